The summed E-state index contributed by atoms with van der Waals surface area (Å²) >= 11 is 0. The molecule has 0 aliphatic heterocycles. The number of hydrogen-bond donors (Lipinski definition) is 0. The summed E-state index contributed by atoms with van der Waals surface area (Å²) in [6.45, 7) is 0. The summed E-state index contributed by atoms with van der Waals surface area (Å²) in [5.74, 6) is 1.69. The van der Waals surface area contributed by atoms with Gasteiger partial charge in [0.25, 0.3) is 0 Å². The maximum atomic E-state index is 6.79. The Kier molecular flexibility index (Phi) is 5.77. The molecule has 6 nitrogen and oxygen atoms in total. The molecule has 0 fully saturated rings. The van der Waals surface area contributed by atoms with Crippen LogP contribution in [0, 0.1) is 0 Å². The first kappa shape index (κ1) is 26.5. The van der Waals surface area contributed by atoms with Gasteiger partial charge in [-0.3, -0.25) is 4.98 Å². The van der Waals surface area contributed by atoms with Gasteiger partial charge >= 0.3 is 0 Å². The van der Waals surface area contributed by atoms with E-state index in [0.717, 1.165) is 71.3 Å². The fourth-order valence-electron chi connectivity index (χ4n) is 6.69. The first-order valence-electron chi connectivity index (χ1n) is 15.8. The smallest absolute Gasteiger partial charge is 0.166 e. The summed E-state index contributed by atoms with van der Waals surface area (Å²) in [4.78, 5) is 20.1. The molecule has 0 unspecified atom stereocenters. The molecule has 0 saturated heterocycles. The van der Waals surface area contributed by atoms with Crippen LogP contribution in [0.4, 0.5) is 0 Å². The van der Waals surface area contributed by atoms with Gasteiger partial charge < -0.3 is 8.83 Å². The predicted octanol–water partition coefficient (Wildman–Crippen LogP) is 10.9. The number of fused-ring (bicyclic) bond motifs is 7. The van der Waals surface area contributed by atoms with E-state index in [1.165, 1.54) is 0 Å². The van der Waals surface area contributed by atoms with E-state index in [1.807, 2.05) is 103 Å². The van der Waals surface area contributed by atoms with Crippen molar-refractivity contribution < 1.29 is 8.83 Å². The van der Waals surface area contributed by atoms with Gasteiger partial charge in [0.2, 0.25) is 0 Å². The number of aromatic nitrogens is 4. The lowest BCUT2D eigenvalue weighted by Gasteiger charge is -2.10. The Labute approximate surface area is 274 Å². The molecule has 4 aromatic heterocycles. The third-order valence-electron chi connectivity index (χ3n) is 8.96. The van der Waals surface area contributed by atoms with Crippen LogP contribution in [0.25, 0.3) is 100 Å². The molecule has 0 radical (unpaired) electrons. The monoisotopic (exact) mass is 616 g/mol. The zero-order valence-corrected chi connectivity index (χ0v) is 25.5. The minimum absolute atomic E-state index is 0.518. The molecule has 48 heavy (non-hydrogen) atoms. The quantitative estimate of drug-likeness (QED) is 0.196. The SMILES string of the molecule is c1ccc(-c2nc(-c3ccccc3)nc(-c3cnc(-c4cccc5c4oc4ccccc45)c4oc5cc6ccccc6cc5c34)n2)cc1. The molecule has 0 spiro atoms. The van der Waals surface area contributed by atoms with Gasteiger partial charge in [0.05, 0.1) is 0 Å². The second-order valence-corrected chi connectivity index (χ2v) is 11.8. The standard InChI is InChI=1S/C42H24N4O2/c1-3-12-25(13-4-1)40-44-41(26-14-5-2-6-15-26)46-42(45-40)33-24-43-37(31-20-11-19-30-29-18-9-10-21-34(29)47-38(30)31)39-36(33)32-22-27-16-7-8-17-28(27)23-35(32)48-39/h1-24H. The van der Waals surface area contributed by atoms with Crippen LogP contribution >= 0.6 is 0 Å². The molecule has 0 aliphatic carbocycles. The van der Waals surface area contributed by atoms with Crippen molar-refractivity contribution in [3.8, 4) is 45.4 Å². The van der Waals surface area contributed by atoms with Crippen molar-refractivity contribution in [1.82, 2.24) is 19.9 Å². The average Bonchev–Trinajstić information content (AvgIpc) is 3.73. The van der Waals surface area contributed by atoms with E-state index < -0.39 is 0 Å². The van der Waals surface area contributed by atoms with E-state index >= 15 is 0 Å². The topological polar surface area (TPSA) is 77.8 Å². The Morgan fingerprint density at radius 3 is 1.77 bits per heavy atom. The van der Waals surface area contributed by atoms with Crippen molar-refractivity contribution in [3.05, 3.63) is 146 Å². The average molecular weight is 617 g/mol. The Morgan fingerprint density at radius 1 is 0.417 bits per heavy atom. The van der Waals surface area contributed by atoms with Gasteiger partial charge in [-0.15, -0.1) is 0 Å². The van der Waals surface area contributed by atoms with Crippen LogP contribution in [0.5, 0.6) is 0 Å². The van der Waals surface area contributed by atoms with E-state index in [2.05, 4.69) is 42.5 Å². The molecule has 0 bridgehead atoms. The molecule has 0 amide bonds. The van der Waals surface area contributed by atoms with Crippen LogP contribution < -0.4 is 0 Å². The molecule has 6 heteroatoms. The molecule has 10 rings (SSSR count). The second-order valence-electron chi connectivity index (χ2n) is 11.8. The molecule has 0 aliphatic rings. The van der Waals surface area contributed by atoms with Crippen molar-refractivity contribution >= 4 is 54.6 Å². The van der Waals surface area contributed by atoms with Crippen LogP contribution in [-0.2, 0) is 0 Å². The Hall–Kier alpha value is -6.66. The van der Waals surface area contributed by atoms with E-state index in [-0.39, 0.29) is 0 Å². The summed E-state index contributed by atoms with van der Waals surface area (Å²) < 4.78 is 13.2. The molecule has 0 saturated carbocycles. The minimum atomic E-state index is 0.518. The molecule has 0 N–H and O–H groups in total. The number of benzene rings is 6. The molecule has 6 aromatic carbocycles. The third kappa shape index (κ3) is 4.13. The summed E-state index contributed by atoms with van der Waals surface area (Å²) in [5, 5.41) is 6.14. The van der Waals surface area contributed by atoms with E-state index in [4.69, 9.17) is 28.8 Å². The van der Waals surface area contributed by atoms with Gasteiger partial charge in [-0.05, 0) is 35.0 Å². The van der Waals surface area contributed by atoms with Crippen molar-refractivity contribution in [2.75, 3.05) is 0 Å². The Morgan fingerprint density at radius 2 is 1.02 bits per heavy atom. The molecule has 0 atom stereocenters. The zero-order chi connectivity index (χ0) is 31.6. The number of hydrogen-bond acceptors (Lipinski definition) is 6. The van der Waals surface area contributed by atoms with E-state index in [9.17, 15) is 0 Å². The normalized spacial score (nSPS) is 11.8. The van der Waals surface area contributed by atoms with Crippen molar-refractivity contribution in [2.24, 2.45) is 0 Å². The second kappa shape index (κ2) is 10.4. The lowest BCUT2D eigenvalue weighted by Crippen LogP contribution is -2.01. The highest BCUT2D eigenvalue weighted by atomic mass is 16.3. The highest BCUT2D eigenvalue weighted by molar-refractivity contribution is 6.19. The van der Waals surface area contributed by atoms with Crippen LogP contribution in [0.1, 0.15) is 0 Å². The lowest BCUT2D eigenvalue weighted by molar-refractivity contribution is 0.663. The lowest BCUT2D eigenvalue weighted by atomic mass is 10.0. The zero-order valence-electron chi connectivity index (χ0n) is 25.5. The molecular formula is C42H24N4O2. The minimum Gasteiger partial charge on any atom is -0.455 e. The largest absolute Gasteiger partial charge is 0.455 e. The summed E-state index contributed by atoms with van der Waals surface area (Å²) in [6, 6.07) is 46.8. The van der Waals surface area contributed by atoms with Crippen LogP contribution in [0.3, 0.4) is 0 Å². The van der Waals surface area contributed by atoms with Gasteiger partial charge in [0, 0.05) is 50.0 Å². The fraction of sp³-hybridized carbons (Fsp3) is 0. The number of rotatable bonds is 4. The van der Waals surface area contributed by atoms with Gasteiger partial charge in [-0.1, -0.05) is 115 Å². The van der Waals surface area contributed by atoms with Crippen molar-refractivity contribution in [2.45, 2.75) is 0 Å². The summed E-state index contributed by atoms with van der Waals surface area (Å²) in [5.41, 5.74) is 7.12. The van der Waals surface area contributed by atoms with E-state index in [0.29, 0.717) is 28.8 Å². The van der Waals surface area contributed by atoms with Crippen molar-refractivity contribution in [3.63, 3.8) is 0 Å². The molecule has 10 aromatic rings. The summed E-state index contributed by atoms with van der Waals surface area (Å²) in [6.07, 6.45) is 1.86. The van der Waals surface area contributed by atoms with Gasteiger partial charge in [0.1, 0.15) is 22.4 Å². The molecule has 4 heterocycles. The first-order valence-corrected chi connectivity index (χ1v) is 15.8. The highest BCUT2D eigenvalue weighted by Gasteiger charge is 2.24. The maximum Gasteiger partial charge on any atom is 0.166 e. The predicted molar refractivity (Wildman–Crippen MR) is 191 cm³/mol. The summed E-state index contributed by atoms with van der Waals surface area (Å²) in [7, 11) is 0. The van der Waals surface area contributed by atoms with Gasteiger partial charge in [-0.2, -0.15) is 0 Å². The van der Waals surface area contributed by atoms with Gasteiger partial charge in [0.15, 0.2) is 23.1 Å². The first-order chi connectivity index (χ1) is 23.8. The fourth-order valence-corrected chi connectivity index (χ4v) is 6.69. The number of pyridine rings is 1. The Balaban J connectivity index is 1.30. The van der Waals surface area contributed by atoms with Crippen LogP contribution in [-0.4, -0.2) is 19.9 Å². The third-order valence-corrected chi connectivity index (χ3v) is 8.96. The number of nitrogens with zero attached hydrogens (tertiary/aromatic N) is 4. The highest BCUT2D eigenvalue weighted by Crippen LogP contribution is 2.44. The molecular weight excluding hydrogens is 592 g/mol. The molecule has 224 valence electrons. The van der Waals surface area contributed by atoms with Crippen LogP contribution in [0.2, 0.25) is 0 Å². The Bertz CT molecular complexity index is 2780. The number of furan rings is 2. The van der Waals surface area contributed by atoms with Crippen molar-refractivity contribution in [1.29, 1.82) is 0 Å². The maximum absolute atomic E-state index is 6.79. The van der Waals surface area contributed by atoms with Crippen LogP contribution in [0.15, 0.2) is 155 Å². The van der Waals surface area contributed by atoms with Gasteiger partial charge in [-0.25, -0.2) is 15.0 Å². The number of para-hydroxylation sites is 2. The van der Waals surface area contributed by atoms with E-state index in [1.54, 1.807) is 0 Å².